The predicted molar refractivity (Wildman–Crippen MR) is 81.7 cm³/mol. The number of carboxylic acid groups (broad SMARTS) is 1. The first kappa shape index (κ1) is 15.6. The van der Waals surface area contributed by atoms with E-state index in [9.17, 15) is 18.7 Å². The molecule has 1 heterocycles. The fourth-order valence-corrected chi connectivity index (χ4v) is 3.22. The third-order valence-corrected chi connectivity index (χ3v) is 4.30. The van der Waals surface area contributed by atoms with Crippen LogP contribution in [0.4, 0.5) is 8.78 Å². The van der Waals surface area contributed by atoms with Crippen molar-refractivity contribution >= 4 is 5.97 Å². The van der Waals surface area contributed by atoms with Gasteiger partial charge in [0.05, 0.1) is 11.7 Å². The van der Waals surface area contributed by atoms with Crippen molar-refractivity contribution in [3.05, 3.63) is 41.6 Å². The van der Waals surface area contributed by atoms with Crippen molar-refractivity contribution in [1.82, 2.24) is 9.78 Å². The van der Waals surface area contributed by atoms with Gasteiger partial charge < -0.3 is 5.11 Å². The lowest BCUT2D eigenvalue weighted by molar-refractivity contribution is 0.0180. The van der Waals surface area contributed by atoms with E-state index in [1.54, 1.807) is 22.9 Å². The first-order chi connectivity index (χ1) is 10.9. The fourth-order valence-electron chi connectivity index (χ4n) is 3.22. The summed E-state index contributed by atoms with van der Waals surface area (Å²) in [7, 11) is 0. The number of halogens is 2. The normalized spacial score (nSPS) is 16.0. The highest BCUT2D eigenvalue weighted by Crippen LogP contribution is 2.39. The number of aromatic carboxylic acids is 1. The number of hydrogen-bond donors (Lipinski definition) is 1. The first-order valence-electron chi connectivity index (χ1n) is 7.68. The molecule has 0 amide bonds. The minimum absolute atomic E-state index is 0.0663. The Morgan fingerprint density at radius 1 is 1.30 bits per heavy atom. The van der Waals surface area contributed by atoms with E-state index in [0.29, 0.717) is 11.3 Å². The van der Waals surface area contributed by atoms with Crippen molar-refractivity contribution in [2.75, 3.05) is 0 Å². The Kier molecular flexibility index (Phi) is 3.92. The summed E-state index contributed by atoms with van der Waals surface area (Å²) in [6, 6.07) is 7.67. The number of hydrogen-bond acceptors (Lipinski definition) is 2. The van der Waals surface area contributed by atoms with Crippen LogP contribution in [0.15, 0.2) is 30.3 Å². The maximum absolute atomic E-state index is 13.9. The van der Waals surface area contributed by atoms with Gasteiger partial charge in [0.1, 0.15) is 0 Å². The second kappa shape index (κ2) is 5.76. The monoisotopic (exact) mass is 320 g/mol. The third-order valence-electron chi connectivity index (χ3n) is 4.30. The van der Waals surface area contributed by atoms with Crippen LogP contribution in [0.3, 0.4) is 0 Å². The maximum Gasteiger partial charge on any atom is 0.356 e. The number of carboxylic acids is 1. The van der Waals surface area contributed by atoms with Crippen molar-refractivity contribution in [1.29, 1.82) is 0 Å². The summed E-state index contributed by atoms with van der Waals surface area (Å²) >= 11 is 0. The van der Waals surface area contributed by atoms with Crippen molar-refractivity contribution < 1.29 is 18.7 Å². The van der Waals surface area contributed by atoms with Crippen LogP contribution in [-0.2, 0) is 5.92 Å². The summed E-state index contributed by atoms with van der Waals surface area (Å²) in [6.07, 6.45) is 3.85. The lowest BCUT2D eigenvalue weighted by atomic mass is 9.99. The molecule has 122 valence electrons. The van der Waals surface area contributed by atoms with E-state index in [0.717, 1.165) is 32.6 Å². The number of carbonyl (C=O) groups is 1. The molecule has 0 saturated heterocycles. The molecule has 1 N–H and O–H groups in total. The van der Waals surface area contributed by atoms with Crippen LogP contribution in [0.5, 0.6) is 0 Å². The van der Waals surface area contributed by atoms with E-state index < -0.39 is 11.9 Å². The molecule has 1 aromatic heterocycles. The van der Waals surface area contributed by atoms with Gasteiger partial charge in [-0.15, -0.1) is 0 Å². The summed E-state index contributed by atoms with van der Waals surface area (Å²) in [6.45, 7) is 0.847. The second-order valence-electron chi connectivity index (χ2n) is 6.04. The number of rotatable bonds is 4. The number of alkyl halides is 2. The maximum atomic E-state index is 13.9. The molecule has 1 aromatic carbocycles. The first-order valence-corrected chi connectivity index (χ1v) is 7.68. The molecule has 23 heavy (non-hydrogen) atoms. The molecule has 0 spiro atoms. The number of aromatic nitrogens is 2. The van der Waals surface area contributed by atoms with Gasteiger partial charge in [-0.2, -0.15) is 5.10 Å². The largest absolute Gasteiger partial charge is 0.476 e. The third kappa shape index (κ3) is 2.98. The molecule has 1 aliphatic rings. The minimum atomic E-state index is -3.01. The Morgan fingerprint density at radius 2 is 1.96 bits per heavy atom. The van der Waals surface area contributed by atoms with E-state index in [-0.39, 0.29) is 17.3 Å². The van der Waals surface area contributed by atoms with Crippen LogP contribution >= 0.6 is 0 Å². The summed E-state index contributed by atoms with van der Waals surface area (Å²) in [4.78, 5) is 11.3. The van der Waals surface area contributed by atoms with Gasteiger partial charge in [0.2, 0.25) is 0 Å². The molecular weight excluding hydrogens is 302 g/mol. The molecule has 0 unspecified atom stereocenters. The highest BCUT2D eigenvalue weighted by Gasteiger charge is 2.31. The molecule has 0 bridgehead atoms. The minimum Gasteiger partial charge on any atom is -0.476 e. The zero-order chi connectivity index (χ0) is 16.6. The SMILES string of the molecule is CC(F)(F)c1ccccc1-c1cc(C(=O)O)nn1C1CCCC1. The van der Waals surface area contributed by atoms with Gasteiger partial charge in [-0.1, -0.05) is 37.1 Å². The van der Waals surface area contributed by atoms with E-state index in [1.165, 1.54) is 12.1 Å². The van der Waals surface area contributed by atoms with Gasteiger partial charge in [-0.05, 0) is 18.9 Å². The van der Waals surface area contributed by atoms with E-state index in [1.807, 2.05) is 0 Å². The van der Waals surface area contributed by atoms with Gasteiger partial charge in [0, 0.05) is 18.1 Å². The summed E-state index contributed by atoms with van der Waals surface area (Å²) in [5, 5.41) is 13.4. The quantitative estimate of drug-likeness (QED) is 0.904. The van der Waals surface area contributed by atoms with Gasteiger partial charge in [-0.25, -0.2) is 13.6 Å². The van der Waals surface area contributed by atoms with Crippen LogP contribution in [0.25, 0.3) is 11.3 Å². The lowest BCUT2D eigenvalue weighted by Crippen LogP contribution is -2.13. The van der Waals surface area contributed by atoms with Gasteiger partial charge in [0.25, 0.3) is 5.92 Å². The molecule has 0 atom stereocenters. The molecule has 1 aliphatic carbocycles. The molecular formula is C17H18F2N2O2. The number of nitrogens with zero attached hydrogens (tertiary/aromatic N) is 2. The van der Waals surface area contributed by atoms with E-state index in [2.05, 4.69) is 5.10 Å². The molecule has 1 saturated carbocycles. The average Bonchev–Trinajstić information content (AvgIpc) is 3.15. The summed E-state index contributed by atoms with van der Waals surface area (Å²) in [5.74, 6) is -4.16. The van der Waals surface area contributed by atoms with Crippen molar-refractivity contribution in [3.63, 3.8) is 0 Å². The highest BCUT2D eigenvalue weighted by molar-refractivity contribution is 5.87. The van der Waals surface area contributed by atoms with Crippen LogP contribution < -0.4 is 0 Å². The molecule has 2 aromatic rings. The highest BCUT2D eigenvalue weighted by atomic mass is 19.3. The average molecular weight is 320 g/mol. The van der Waals surface area contributed by atoms with Crippen LogP contribution in [0.1, 0.15) is 54.7 Å². The Morgan fingerprint density at radius 3 is 2.57 bits per heavy atom. The zero-order valence-corrected chi connectivity index (χ0v) is 12.8. The molecule has 1 fully saturated rings. The van der Waals surface area contributed by atoms with Crippen LogP contribution in [0, 0.1) is 0 Å². The van der Waals surface area contributed by atoms with Gasteiger partial charge >= 0.3 is 5.97 Å². The Hall–Kier alpha value is -2.24. The van der Waals surface area contributed by atoms with Gasteiger partial charge in [0.15, 0.2) is 5.69 Å². The topological polar surface area (TPSA) is 55.1 Å². The van der Waals surface area contributed by atoms with E-state index in [4.69, 9.17) is 0 Å². The summed E-state index contributed by atoms with van der Waals surface area (Å²) < 4.78 is 29.5. The number of benzene rings is 1. The molecule has 4 nitrogen and oxygen atoms in total. The molecule has 0 aliphatic heterocycles. The Labute approximate surface area is 132 Å². The Bertz CT molecular complexity index is 728. The zero-order valence-electron chi connectivity index (χ0n) is 12.8. The molecule has 3 rings (SSSR count). The van der Waals surface area contributed by atoms with Gasteiger partial charge in [-0.3, -0.25) is 4.68 Å². The van der Waals surface area contributed by atoms with Crippen molar-refractivity contribution in [3.8, 4) is 11.3 Å². The fraction of sp³-hybridized carbons (Fsp3) is 0.412. The molecule has 0 radical (unpaired) electrons. The van der Waals surface area contributed by atoms with Crippen molar-refractivity contribution in [2.45, 2.75) is 44.6 Å². The Balaban J connectivity index is 2.18. The van der Waals surface area contributed by atoms with E-state index >= 15 is 0 Å². The predicted octanol–water partition coefficient (Wildman–Crippen LogP) is 4.48. The standard InChI is InChI=1S/C17H18F2N2O2/c1-17(18,19)13-9-5-4-8-12(13)15-10-14(16(22)23)20-21(15)11-6-2-3-7-11/h4-5,8-11H,2-3,6-7H2,1H3,(H,22,23). The smallest absolute Gasteiger partial charge is 0.356 e. The van der Waals surface area contributed by atoms with Crippen LogP contribution in [-0.4, -0.2) is 20.9 Å². The van der Waals surface area contributed by atoms with Crippen molar-refractivity contribution in [2.24, 2.45) is 0 Å². The van der Waals surface area contributed by atoms with Crippen LogP contribution in [0.2, 0.25) is 0 Å². The molecule has 6 heteroatoms. The second-order valence-corrected chi connectivity index (χ2v) is 6.04. The lowest BCUT2D eigenvalue weighted by Gasteiger charge is -2.19. The summed E-state index contributed by atoms with van der Waals surface area (Å²) in [5.41, 5.74) is 0.565.